The van der Waals surface area contributed by atoms with Crippen LogP contribution in [-0.4, -0.2) is 43.7 Å². The van der Waals surface area contributed by atoms with Crippen molar-refractivity contribution in [3.05, 3.63) is 95.6 Å². The highest BCUT2D eigenvalue weighted by atomic mass is 16.5. The summed E-state index contributed by atoms with van der Waals surface area (Å²) in [5.41, 5.74) is 6.43. The van der Waals surface area contributed by atoms with Gasteiger partial charge in [0.2, 0.25) is 6.41 Å². The van der Waals surface area contributed by atoms with Gasteiger partial charge in [0, 0.05) is 19.4 Å². The average Bonchev–Trinajstić information content (AvgIpc) is 3.21. The molecular weight excluding hydrogens is 446 g/mol. The third-order valence-electron chi connectivity index (χ3n) is 5.17. The maximum absolute atomic E-state index is 10.9. The van der Waals surface area contributed by atoms with Crippen molar-refractivity contribution in [1.82, 2.24) is 5.32 Å². The molecule has 0 radical (unpaired) electrons. The van der Waals surface area contributed by atoms with Crippen LogP contribution < -0.4 is 5.32 Å². The van der Waals surface area contributed by atoms with Crippen LogP contribution in [0.1, 0.15) is 36.0 Å². The molecule has 0 saturated carbocycles. The minimum absolute atomic E-state index is 0.0870. The number of methoxy groups -OCH3 is 1. The maximum Gasteiger partial charge on any atom is 0.325 e. The van der Waals surface area contributed by atoms with E-state index in [0.29, 0.717) is 12.3 Å². The highest BCUT2D eigenvalue weighted by Gasteiger charge is 2.27. The minimum Gasteiger partial charge on any atom is -0.481 e. The second-order valence-electron chi connectivity index (χ2n) is 7.57. The molecule has 1 aliphatic rings. The van der Waals surface area contributed by atoms with E-state index in [-0.39, 0.29) is 19.6 Å². The SMILES string of the molecule is CCC(=O)O.COCC1c2ccccc2-c2ccccc21.O=CNCC(=O)OCc1ccccc1. The Morgan fingerprint density at radius 2 is 1.43 bits per heavy atom. The summed E-state index contributed by atoms with van der Waals surface area (Å²) in [5.74, 6) is -0.789. The zero-order valence-corrected chi connectivity index (χ0v) is 20.0. The number of benzene rings is 3. The van der Waals surface area contributed by atoms with Gasteiger partial charge in [0.15, 0.2) is 0 Å². The number of rotatable bonds is 8. The standard InChI is InChI=1S/C15H14O.C10H11NO3.C3H6O2/c1-16-10-15-13-8-4-2-6-11(13)12-7-3-5-9-14(12)15;12-8-11-6-10(13)14-7-9-4-2-1-3-5-9;1-2-3(4)5/h2-9,15H,10H2,1H3;1-5,8H,6-7H2,(H,11,12);2H2,1H3,(H,4,5). The molecular formula is C28H31NO6. The van der Waals surface area contributed by atoms with E-state index in [0.717, 1.165) is 12.2 Å². The molecule has 184 valence electrons. The normalized spacial score (nSPS) is 10.9. The van der Waals surface area contributed by atoms with Crippen LogP contribution in [0.4, 0.5) is 0 Å². The lowest BCUT2D eigenvalue weighted by Gasteiger charge is -2.11. The van der Waals surface area contributed by atoms with Gasteiger partial charge in [-0.25, -0.2) is 0 Å². The number of carboxylic acid groups (broad SMARTS) is 1. The lowest BCUT2D eigenvalue weighted by Crippen LogP contribution is -2.23. The molecule has 0 bridgehead atoms. The van der Waals surface area contributed by atoms with E-state index in [1.165, 1.54) is 22.3 Å². The zero-order valence-electron chi connectivity index (χ0n) is 20.0. The lowest BCUT2D eigenvalue weighted by atomic mass is 9.98. The number of fused-ring (bicyclic) bond motifs is 3. The summed E-state index contributed by atoms with van der Waals surface area (Å²) in [6.07, 6.45) is 0.684. The van der Waals surface area contributed by atoms with Crippen molar-refractivity contribution in [2.45, 2.75) is 25.9 Å². The Balaban J connectivity index is 0.000000210. The van der Waals surface area contributed by atoms with Crippen LogP contribution in [0.3, 0.4) is 0 Å². The molecule has 0 aliphatic heterocycles. The van der Waals surface area contributed by atoms with Crippen molar-refractivity contribution < 1.29 is 29.0 Å². The molecule has 1 aliphatic carbocycles. The van der Waals surface area contributed by atoms with E-state index < -0.39 is 11.9 Å². The smallest absolute Gasteiger partial charge is 0.325 e. The number of nitrogens with one attached hydrogen (secondary N) is 1. The van der Waals surface area contributed by atoms with Gasteiger partial charge >= 0.3 is 11.9 Å². The van der Waals surface area contributed by atoms with Crippen molar-refractivity contribution in [3.63, 3.8) is 0 Å². The summed E-state index contributed by atoms with van der Waals surface area (Å²) >= 11 is 0. The Hall–Kier alpha value is -3.97. The quantitative estimate of drug-likeness (QED) is 0.368. The van der Waals surface area contributed by atoms with Gasteiger partial charge < -0.3 is 19.9 Å². The van der Waals surface area contributed by atoms with Gasteiger partial charge in [0.05, 0.1) is 6.61 Å². The van der Waals surface area contributed by atoms with Crippen molar-refractivity contribution in [2.24, 2.45) is 0 Å². The highest BCUT2D eigenvalue weighted by molar-refractivity contribution is 5.78. The molecule has 1 amide bonds. The Morgan fingerprint density at radius 1 is 0.914 bits per heavy atom. The van der Waals surface area contributed by atoms with Crippen molar-refractivity contribution in [3.8, 4) is 11.1 Å². The fraction of sp³-hybridized carbons (Fsp3) is 0.250. The number of carbonyl (C=O) groups is 3. The van der Waals surface area contributed by atoms with Crippen molar-refractivity contribution >= 4 is 18.3 Å². The van der Waals surface area contributed by atoms with Crippen LogP contribution >= 0.6 is 0 Å². The molecule has 35 heavy (non-hydrogen) atoms. The first-order chi connectivity index (χ1) is 17.0. The molecule has 0 aromatic heterocycles. The first-order valence-corrected chi connectivity index (χ1v) is 11.3. The van der Waals surface area contributed by atoms with Crippen LogP contribution in [0.15, 0.2) is 78.9 Å². The molecule has 7 heteroatoms. The number of carboxylic acids is 1. The van der Waals surface area contributed by atoms with Gasteiger partial charge in [-0.2, -0.15) is 0 Å². The zero-order chi connectivity index (χ0) is 25.5. The summed E-state index contributed by atoms with van der Waals surface area (Å²) in [5, 5.41) is 9.95. The Labute approximate surface area is 205 Å². The van der Waals surface area contributed by atoms with Crippen LogP contribution in [0, 0.1) is 0 Å². The van der Waals surface area contributed by atoms with Gasteiger partial charge in [0.1, 0.15) is 13.2 Å². The number of ether oxygens (including phenoxy) is 2. The first kappa shape index (κ1) is 27.3. The Morgan fingerprint density at radius 3 is 1.91 bits per heavy atom. The number of carbonyl (C=O) groups excluding carboxylic acids is 2. The largest absolute Gasteiger partial charge is 0.481 e. The lowest BCUT2D eigenvalue weighted by molar-refractivity contribution is -0.144. The fourth-order valence-corrected chi connectivity index (χ4v) is 3.52. The van der Waals surface area contributed by atoms with Gasteiger partial charge in [-0.15, -0.1) is 0 Å². The van der Waals surface area contributed by atoms with E-state index in [4.69, 9.17) is 14.6 Å². The monoisotopic (exact) mass is 477 g/mol. The van der Waals surface area contributed by atoms with Crippen LogP contribution in [0.2, 0.25) is 0 Å². The summed E-state index contributed by atoms with van der Waals surface area (Å²) in [7, 11) is 1.77. The predicted octanol–water partition coefficient (Wildman–Crippen LogP) is 4.40. The summed E-state index contributed by atoms with van der Waals surface area (Å²) in [4.78, 5) is 30.2. The minimum atomic E-state index is -0.745. The number of hydrogen-bond acceptors (Lipinski definition) is 5. The third kappa shape index (κ3) is 8.72. The van der Waals surface area contributed by atoms with E-state index in [9.17, 15) is 14.4 Å². The highest BCUT2D eigenvalue weighted by Crippen LogP contribution is 2.44. The second-order valence-corrected chi connectivity index (χ2v) is 7.57. The number of hydrogen-bond donors (Lipinski definition) is 2. The summed E-state index contributed by atoms with van der Waals surface area (Å²) in [6.45, 7) is 2.51. The molecule has 0 unspecified atom stereocenters. The summed E-state index contributed by atoms with van der Waals surface area (Å²) < 4.78 is 10.2. The molecule has 4 rings (SSSR count). The molecule has 7 nitrogen and oxygen atoms in total. The van der Waals surface area contributed by atoms with Gasteiger partial charge in [-0.05, 0) is 27.8 Å². The molecule has 0 heterocycles. The van der Waals surface area contributed by atoms with Crippen LogP contribution in [0.5, 0.6) is 0 Å². The topological polar surface area (TPSA) is 102 Å². The fourth-order valence-electron chi connectivity index (χ4n) is 3.52. The van der Waals surface area contributed by atoms with Gasteiger partial charge in [-0.1, -0.05) is 85.8 Å². The van der Waals surface area contributed by atoms with E-state index in [1.807, 2.05) is 30.3 Å². The van der Waals surface area contributed by atoms with Crippen LogP contribution in [0.25, 0.3) is 11.1 Å². The Kier molecular flexibility index (Phi) is 11.7. The molecule has 0 atom stereocenters. The second kappa shape index (κ2) is 15.0. The molecule has 3 aromatic rings. The Bertz CT molecular complexity index is 1040. The number of amides is 1. The molecule has 2 N–H and O–H groups in total. The molecule has 0 spiro atoms. The van der Waals surface area contributed by atoms with Crippen LogP contribution in [-0.2, 0) is 30.5 Å². The number of aliphatic carboxylic acids is 1. The number of esters is 1. The van der Waals surface area contributed by atoms with Crippen molar-refractivity contribution in [1.29, 1.82) is 0 Å². The van der Waals surface area contributed by atoms with E-state index >= 15 is 0 Å². The molecule has 0 saturated heterocycles. The third-order valence-corrected chi connectivity index (χ3v) is 5.17. The van der Waals surface area contributed by atoms with Gasteiger partial charge in [-0.3, -0.25) is 14.4 Å². The average molecular weight is 478 g/mol. The predicted molar refractivity (Wildman–Crippen MR) is 134 cm³/mol. The van der Waals surface area contributed by atoms with E-state index in [2.05, 4.69) is 53.8 Å². The summed E-state index contributed by atoms with van der Waals surface area (Å²) in [6, 6.07) is 26.6. The first-order valence-electron chi connectivity index (χ1n) is 11.3. The van der Waals surface area contributed by atoms with Crippen molar-refractivity contribution in [2.75, 3.05) is 20.3 Å². The molecule has 0 fully saturated rings. The maximum atomic E-state index is 10.9. The van der Waals surface area contributed by atoms with E-state index in [1.54, 1.807) is 14.0 Å². The molecule has 3 aromatic carbocycles. The van der Waals surface area contributed by atoms with Gasteiger partial charge in [0.25, 0.3) is 0 Å².